The van der Waals surface area contributed by atoms with Gasteiger partial charge in [0.2, 0.25) is 0 Å². The van der Waals surface area contributed by atoms with E-state index in [1.807, 2.05) is 25.1 Å². The molecule has 0 heterocycles. The van der Waals surface area contributed by atoms with E-state index < -0.39 is 5.97 Å². The molecule has 0 amide bonds. The summed E-state index contributed by atoms with van der Waals surface area (Å²) in [5.74, 6) is -0.899. The van der Waals surface area contributed by atoms with Crippen LogP contribution in [0.3, 0.4) is 0 Å². The molecular weight excluding hydrogens is 228 g/mol. The van der Waals surface area contributed by atoms with E-state index in [9.17, 15) is 4.79 Å². The molecule has 1 aromatic rings. The van der Waals surface area contributed by atoms with Crippen LogP contribution in [-0.2, 0) is 4.79 Å². The van der Waals surface area contributed by atoms with Crippen molar-refractivity contribution in [2.24, 2.45) is 0 Å². The third kappa shape index (κ3) is 3.36. The first-order valence-electron chi connectivity index (χ1n) is 5.76. The molecule has 18 heavy (non-hydrogen) atoms. The number of benzene rings is 1. The van der Waals surface area contributed by atoms with E-state index in [1.165, 1.54) is 0 Å². The van der Waals surface area contributed by atoms with Crippen molar-refractivity contribution in [3.8, 4) is 6.07 Å². The SMILES string of the molecule is CC/C(=C/CNc1cccc(C)c1C#N)C(=O)O. The number of hydrogen-bond donors (Lipinski definition) is 2. The summed E-state index contributed by atoms with van der Waals surface area (Å²) < 4.78 is 0. The molecule has 0 aliphatic carbocycles. The van der Waals surface area contributed by atoms with Crippen molar-refractivity contribution in [2.45, 2.75) is 20.3 Å². The van der Waals surface area contributed by atoms with E-state index in [-0.39, 0.29) is 0 Å². The van der Waals surface area contributed by atoms with E-state index in [1.54, 1.807) is 13.0 Å². The Hall–Kier alpha value is -2.28. The zero-order valence-electron chi connectivity index (χ0n) is 10.5. The minimum Gasteiger partial charge on any atom is -0.478 e. The van der Waals surface area contributed by atoms with Crippen LogP contribution in [0.1, 0.15) is 24.5 Å². The fourth-order valence-electron chi connectivity index (χ4n) is 1.63. The lowest BCUT2D eigenvalue weighted by Gasteiger charge is -2.08. The van der Waals surface area contributed by atoms with Gasteiger partial charge >= 0.3 is 5.97 Å². The number of aliphatic carboxylic acids is 1. The number of anilines is 1. The molecule has 1 aromatic carbocycles. The summed E-state index contributed by atoms with van der Waals surface area (Å²) in [5.41, 5.74) is 2.60. The third-order valence-electron chi connectivity index (χ3n) is 2.68. The number of carbonyl (C=O) groups is 1. The Bertz CT molecular complexity index is 513. The van der Waals surface area contributed by atoms with Crippen molar-refractivity contribution in [2.75, 3.05) is 11.9 Å². The molecule has 94 valence electrons. The fraction of sp³-hybridized carbons (Fsp3) is 0.286. The van der Waals surface area contributed by atoms with Crippen LogP contribution in [0.5, 0.6) is 0 Å². The number of rotatable bonds is 5. The predicted molar refractivity (Wildman–Crippen MR) is 70.4 cm³/mol. The molecule has 0 aliphatic heterocycles. The highest BCUT2D eigenvalue weighted by Crippen LogP contribution is 2.18. The number of hydrogen-bond acceptors (Lipinski definition) is 3. The molecule has 0 atom stereocenters. The van der Waals surface area contributed by atoms with Gasteiger partial charge in [0.25, 0.3) is 0 Å². The maximum Gasteiger partial charge on any atom is 0.331 e. The average Bonchev–Trinajstić information content (AvgIpc) is 2.34. The highest BCUT2D eigenvalue weighted by Gasteiger charge is 2.05. The summed E-state index contributed by atoms with van der Waals surface area (Å²) in [6.45, 7) is 4.06. The number of nitriles is 1. The summed E-state index contributed by atoms with van der Waals surface area (Å²) in [6, 6.07) is 7.68. The highest BCUT2D eigenvalue weighted by atomic mass is 16.4. The van der Waals surface area contributed by atoms with Crippen LogP contribution in [0, 0.1) is 18.3 Å². The van der Waals surface area contributed by atoms with Gasteiger partial charge in [0.05, 0.1) is 11.3 Å². The van der Waals surface area contributed by atoms with Gasteiger partial charge in [-0.3, -0.25) is 0 Å². The molecule has 0 fully saturated rings. The Morgan fingerprint density at radius 3 is 2.83 bits per heavy atom. The van der Waals surface area contributed by atoms with Gasteiger partial charge < -0.3 is 10.4 Å². The Morgan fingerprint density at radius 2 is 2.28 bits per heavy atom. The molecule has 0 aromatic heterocycles. The number of nitrogens with zero attached hydrogens (tertiary/aromatic N) is 1. The van der Waals surface area contributed by atoms with Crippen LogP contribution < -0.4 is 5.32 Å². The van der Waals surface area contributed by atoms with Crippen LogP contribution in [0.25, 0.3) is 0 Å². The van der Waals surface area contributed by atoms with E-state index in [0.29, 0.717) is 24.1 Å². The van der Waals surface area contributed by atoms with Crippen LogP contribution in [-0.4, -0.2) is 17.6 Å². The van der Waals surface area contributed by atoms with Gasteiger partial charge in [-0.05, 0) is 25.0 Å². The molecule has 0 unspecified atom stereocenters. The molecule has 4 nitrogen and oxygen atoms in total. The molecule has 0 spiro atoms. The van der Waals surface area contributed by atoms with Crippen LogP contribution in [0.4, 0.5) is 5.69 Å². The number of carboxylic acid groups (broad SMARTS) is 1. The lowest BCUT2D eigenvalue weighted by molar-refractivity contribution is -0.132. The van der Waals surface area contributed by atoms with Crippen molar-refractivity contribution < 1.29 is 9.90 Å². The number of nitrogens with one attached hydrogen (secondary N) is 1. The van der Waals surface area contributed by atoms with Crippen LogP contribution in [0.2, 0.25) is 0 Å². The van der Waals surface area contributed by atoms with Crippen LogP contribution >= 0.6 is 0 Å². The standard InChI is InChI=1S/C14H16N2O2/c1-3-11(14(17)18)7-8-16-13-6-4-5-10(2)12(13)9-15/h4-7,16H,3,8H2,1-2H3,(H,17,18)/b11-7-. The first-order chi connectivity index (χ1) is 8.60. The predicted octanol–water partition coefficient (Wildman–Crippen LogP) is 2.70. The largest absolute Gasteiger partial charge is 0.478 e. The quantitative estimate of drug-likeness (QED) is 0.781. The van der Waals surface area contributed by atoms with E-state index in [0.717, 1.165) is 11.3 Å². The molecular formula is C14H16N2O2. The van der Waals surface area contributed by atoms with E-state index >= 15 is 0 Å². The van der Waals surface area contributed by atoms with Crippen molar-refractivity contribution in [1.82, 2.24) is 0 Å². The minimum atomic E-state index is -0.899. The molecule has 0 radical (unpaired) electrons. The number of aryl methyl sites for hydroxylation is 1. The van der Waals surface area contributed by atoms with Gasteiger partial charge in [0, 0.05) is 12.1 Å². The molecule has 0 bridgehead atoms. The Labute approximate surface area is 107 Å². The Kier molecular flexibility index (Phi) is 4.94. The van der Waals surface area contributed by atoms with Crippen molar-refractivity contribution >= 4 is 11.7 Å². The van der Waals surface area contributed by atoms with Gasteiger partial charge in [-0.1, -0.05) is 25.1 Å². The summed E-state index contributed by atoms with van der Waals surface area (Å²) in [5, 5.41) is 21.0. The molecule has 4 heteroatoms. The van der Waals surface area contributed by atoms with E-state index in [4.69, 9.17) is 10.4 Å². The van der Waals surface area contributed by atoms with Crippen molar-refractivity contribution in [1.29, 1.82) is 5.26 Å². The smallest absolute Gasteiger partial charge is 0.331 e. The van der Waals surface area contributed by atoms with E-state index in [2.05, 4.69) is 11.4 Å². The lowest BCUT2D eigenvalue weighted by Crippen LogP contribution is -2.06. The van der Waals surface area contributed by atoms with Crippen molar-refractivity contribution in [3.63, 3.8) is 0 Å². The zero-order chi connectivity index (χ0) is 13.5. The molecule has 0 saturated heterocycles. The average molecular weight is 244 g/mol. The summed E-state index contributed by atoms with van der Waals surface area (Å²) >= 11 is 0. The fourth-order valence-corrected chi connectivity index (χ4v) is 1.63. The molecule has 1 rings (SSSR count). The third-order valence-corrected chi connectivity index (χ3v) is 2.68. The van der Waals surface area contributed by atoms with Gasteiger partial charge in [-0.15, -0.1) is 0 Å². The minimum absolute atomic E-state index is 0.369. The van der Waals surface area contributed by atoms with Gasteiger partial charge in [-0.25, -0.2) is 4.79 Å². The lowest BCUT2D eigenvalue weighted by atomic mass is 10.1. The zero-order valence-corrected chi connectivity index (χ0v) is 10.5. The maximum atomic E-state index is 10.8. The van der Waals surface area contributed by atoms with Gasteiger partial charge in [-0.2, -0.15) is 5.26 Å². The van der Waals surface area contributed by atoms with Gasteiger partial charge in [0.1, 0.15) is 6.07 Å². The second kappa shape index (κ2) is 6.45. The first kappa shape index (κ1) is 13.8. The van der Waals surface area contributed by atoms with Crippen molar-refractivity contribution in [3.05, 3.63) is 41.0 Å². The van der Waals surface area contributed by atoms with Crippen LogP contribution in [0.15, 0.2) is 29.8 Å². The topological polar surface area (TPSA) is 73.1 Å². The van der Waals surface area contributed by atoms with Gasteiger partial charge in [0.15, 0.2) is 0 Å². The second-order valence-electron chi connectivity index (χ2n) is 3.88. The monoisotopic (exact) mass is 244 g/mol. The second-order valence-corrected chi connectivity index (χ2v) is 3.88. The Morgan fingerprint density at radius 1 is 1.56 bits per heavy atom. The highest BCUT2D eigenvalue weighted by molar-refractivity contribution is 5.86. The first-order valence-corrected chi connectivity index (χ1v) is 5.76. The summed E-state index contributed by atoms with van der Waals surface area (Å²) in [6.07, 6.45) is 2.11. The molecule has 0 aliphatic rings. The molecule has 0 saturated carbocycles. The maximum absolute atomic E-state index is 10.8. The number of carboxylic acids is 1. The normalized spacial score (nSPS) is 10.8. The summed E-state index contributed by atoms with van der Waals surface area (Å²) in [7, 11) is 0. The molecule has 2 N–H and O–H groups in total. The Balaban J connectivity index is 2.79. The summed E-state index contributed by atoms with van der Waals surface area (Å²) in [4.78, 5) is 10.8.